The van der Waals surface area contributed by atoms with E-state index in [1.54, 1.807) is 35.1 Å². The first-order valence-corrected chi connectivity index (χ1v) is 17.9. The average molecular weight is 770 g/mol. The second-order valence-corrected chi connectivity index (χ2v) is 13.8. The standard InChI is InChI=1S/C20H23FN6O2.C18H18FN5O3/c1-12-15-8-13(21)4-5-17(15)29-11-14(10-26(2)3)24-20(28)16-9-22-27-7-6-18(23-12)25-19(16)27;1-10-13-6-11(19)2-3-15(13)27-9-12(8-25)22-18(26)14-7-20-24-5-4-16(21-10)23-17(14)24/h4-9,12,14H,10-11H2,1-3H3,(H,23,25)(H,24,28);2-7,10,12,25H,8-9H2,1H3,(H,21,23)(H,22,26)/t12-,14+;10-,12+/m11/s1. The predicted octanol–water partition coefficient (Wildman–Crippen LogP) is 3.62. The van der Waals surface area contributed by atoms with Crippen LogP contribution in [0.1, 0.15) is 57.8 Å². The number of ether oxygens (including phenoxy) is 2. The number of aromatic nitrogens is 6. The molecule has 0 saturated carbocycles. The molecule has 2 amide bonds. The lowest BCUT2D eigenvalue weighted by Crippen LogP contribution is -2.45. The number of likely N-dealkylation sites (N-methyl/N-ethyl adjacent to an activating group) is 1. The fraction of sp³-hybridized carbons (Fsp3) is 0.316. The Hall–Kier alpha value is -6.40. The van der Waals surface area contributed by atoms with Gasteiger partial charge in [-0.1, -0.05) is 0 Å². The van der Waals surface area contributed by atoms with Gasteiger partial charge in [-0.25, -0.2) is 27.8 Å². The highest BCUT2D eigenvalue weighted by molar-refractivity contribution is 6.00. The van der Waals surface area contributed by atoms with Crippen molar-refractivity contribution in [2.45, 2.75) is 38.0 Å². The first-order valence-electron chi connectivity index (χ1n) is 17.9. The van der Waals surface area contributed by atoms with Crippen molar-refractivity contribution in [1.29, 1.82) is 0 Å². The molecule has 2 aliphatic heterocycles. The Balaban J connectivity index is 0.000000172. The van der Waals surface area contributed by atoms with E-state index < -0.39 is 11.9 Å². The summed E-state index contributed by atoms with van der Waals surface area (Å²) in [5.74, 6) is 0.682. The second kappa shape index (κ2) is 16.1. The van der Waals surface area contributed by atoms with E-state index in [0.717, 1.165) is 0 Å². The molecule has 0 spiro atoms. The maximum Gasteiger partial charge on any atom is 0.257 e. The summed E-state index contributed by atoms with van der Waals surface area (Å²) in [6.45, 7) is 4.30. The molecule has 5 N–H and O–H groups in total. The lowest BCUT2D eigenvalue weighted by molar-refractivity contribution is 0.0888. The highest BCUT2D eigenvalue weighted by Gasteiger charge is 2.24. The summed E-state index contributed by atoms with van der Waals surface area (Å²) < 4.78 is 42.6. The maximum atomic E-state index is 13.9. The van der Waals surface area contributed by atoms with Crippen molar-refractivity contribution in [2.24, 2.45) is 0 Å². The van der Waals surface area contributed by atoms with Crippen molar-refractivity contribution in [3.8, 4) is 11.5 Å². The largest absolute Gasteiger partial charge is 0.491 e. The zero-order valence-corrected chi connectivity index (χ0v) is 31.0. The van der Waals surface area contributed by atoms with E-state index in [1.165, 1.54) is 47.2 Å². The average Bonchev–Trinajstić information content (AvgIpc) is 3.80. The second-order valence-electron chi connectivity index (χ2n) is 13.8. The van der Waals surface area contributed by atoms with E-state index in [1.807, 2.05) is 32.8 Å². The molecule has 16 nitrogen and oxygen atoms in total. The van der Waals surface area contributed by atoms with E-state index >= 15 is 0 Å². The molecule has 2 aromatic carbocycles. The van der Waals surface area contributed by atoms with Crippen molar-refractivity contribution < 1.29 is 33.0 Å². The third-order valence-corrected chi connectivity index (χ3v) is 9.19. The number of carbonyl (C=O) groups excluding carboxylic acids is 2. The number of halogens is 2. The first kappa shape index (κ1) is 37.9. The number of nitrogens with zero attached hydrogens (tertiary/aromatic N) is 7. The topological polar surface area (TPSA) is 185 Å². The molecule has 18 heteroatoms. The minimum absolute atomic E-state index is 0.0308. The highest BCUT2D eigenvalue weighted by atomic mass is 19.1. The molecule has 4 atom stereocenters. The number of hydrogen-bond acceptors (Lipinski definition) is 12. The van der Waals surface area contributed by atoms with Crippen molar-refractivity contribution in [3.63, 3.8) is 0 Å². The Bertz CT molecular complexity index is 2390. The molecule has 0 unspecified atom stereocenters. The molecule has 4 aromatic heterocycles. The third-order valence-electron chi connectivity index (χ3n) is 9.19. The molecular weight excluding hydrogens is 728 g/mol. The summed E-state index contributed by atoms with van der Waals surface area (Å²) in [7, 11) is 3.84. The van der Waals surface area contributed by atoms with Crippen LogP contribution in [0.2, 0.25) is 0 Å². The van der Waals surface area contributed by atoms with Crippen LogP contribution in [0.5, 0.6) is 11.5 Å². The van der Waals surface area contributed by atoms with Gasteiger partial charge in [-0.15, -0.1) is 0 Å². The van der Waals surface area contributed by atoms with E-state index in [2.05, 4.69) is 41.4 Å². The summed E-state index contributed by atoms with van der Waals surface area (Å²) in [5, 5.41) is 30.1. The van der Waals surface area contributed by atoms with Crippen LogP contribution in [-0.2, 0) is 0 Å². The van der Waals surface area contributed by atoms with Crippen LogP contribution in [0.4, 0.5) is 20.4 Å². The molecule has 0 fully saturated rings. The summed E-state index contributed by atoms with van der Waals surface area (Å²) >= 11 is 0. The van der Waals surface area contributed by atoms with Crippen LogP contribution < -0.4 is 30.7 Å². The van der Waals surface area contributed by atoms with Gasteiger partial charge in [0.2, 0.25) is 0 Å². The van der Waals surface area contributed by atoms with Gasteiger partial charge in [0.15, 0.2) is 11.3 Å². The molecule has 292 valence electrons. The molecular formula is C38H41F2N11O5. The van der Waals surface area contributed by atoms with Crippen LogP contribution >= 0.6 is 0 Å². The Kier molecular flexibility index (Phi) is 10.9. The minimum atomic E-state index is -0.641. The van der Waals surface area contributed by atoms with Crippen LogP contribution in [0.3, 0.4) is 0 Å². The van der Waals surface area contributed by atoms with Crippen molar-refractivity contribution in [2.75, 3.05) is 51.1 Å². The van der Waals surface area contributed by atoms with E-state index in [4.69, 9.17) is 9.47 Å². The van der Waals surface area contributed by atoms with Gasteiger partial charge in [-0.2, -0.15) is 10.2 Å². The Morgan fingerprint density at radius 3 is 1.66 bits per heavy atom. The van der Waals surface area contributed by atoms with E-state index in [0.29, 0.717) is 57.7 Å². The smallest absolute Gasteiger partial charge is 0.257 e. The van der Waals surface area contributed by atoms with Crippen LogP contribution in [0.15, 0.2) is 73.3 Å². The molecule has 2 aliphatic rings. The number of fused-ring (bicyclic) bond motifs is 4. The number of anilines is 2. The van der Waals surface area contributed by atoms with Gasteiger partial charge < -0.3 is 40.7 Å². The van der Waals surface area contributed by atoms with E-state index in [9.17, 15) is 23.5 Å². The number of rotatable bonds is 3. The summed E-state index contributed by atoms with van der Waals surface area (Å²) in [6, 6.07) is 10.6. The molecule has 6 heterocycles. The first-order chi connectivity index (χ1) is 26.9. The van der Waals surface area contributed by atoms with Gasteiger partial charge >= 0.3 is 0 Å². The van der Waals surface area contributed by atoms with Crippen LogP contribution in [0, 0.1) is 11.6 Å². The van der Waals surface area contributed by atoms with Crippen LogP contribution in [-0.4, -0.2) is 104 Å². The molecule has 0 saturated heterocycles. The normalized spacial score (nSPS) is 19.7. The minimum Gasteiger partial charge on any atom is -0.491 e. The molecule has 8 rings (SSSR count). The predicted molar refractivity (Wildman–Crippen MR) is 202 cm³/mol. The number of carbonyl (C=O) groups is 2. The van der Waals surface area contributed by atoms with E-state index in [-0.39, 0.29) is 61.1 Å². The number of nitrogens with one attached hydrogen (secondary N) is 4. The van der Waals surface area contributed by atoms with Crippen molar-refractivity contribution in [1.82, 2.24) is 44.7 Å². The SMILES string of the molecule is C[C@H]1Nc2ccn3ncc(c3n2)C(=O)N[C@@H](CN(C)C)COc2ccc(F)cc21.C[C@H]1Nc2ccn3ncc(c3n2)C(=O)N[C@@H](CO)COc2ccc(F)cc21. The van der Waals surface area contributed by atoms with Crippen molar-refractivity contribution in [3.05, 3.63) is 107 Å². The molecule has 0 radical (unpaired) electrons. The number of benzene rings is 2. The third kappa shape index (κ3) is 8.30. The molecule has 4 bridgehead atoms. The van der Waals surface area contributed by atoms with Gasteiger partial charge in [0.25, 0.3) is 11.8 Å². The molecule has 56 heavy (non-hydrogen) atoms. The fourth-order valence-corrected chi connectivity index (χ4v) is 6.42. The zero-order chi connectivity index (χ0) is 39.5. The Labute approximate surface area is 319 Å². The highest BCUT2D eigenvalue weighted by Crippen LogP contribution is 2.31. The summed E-state index contributed by atoms with van der Waals surface area (Å²) in [5.41, 5.74) is 2.77. The number of aliphatic hydroxyl groups excluding tert-OH is 1. The maximum absolute atomic E-state index is 13.9. The van der Waals surface area contributed by atoms with Crippen LogP contribution in [0.25, 0.3) is 11.3 Å². The van der Waals surface area contributed by atoms with Gasteiger partial charge in [0.1, 0.15) is 59.1 Å². The number of aliphatic hydroxyl groups is 1. The number of hydrogen-bond donors (Lipinski definition) is 5. The van der Waals surface area contributed by atoms with Gasteiger partial charge in [0.05, 0.1) is 43.2 Å². The van der Waals surface area contributed by atoms with Crippen molar-refractivity contribution >= 4 is 34.7 Å². The monoisotopic (exact) mass is 769 g/mol. The molecule has 6 aromatic rings. The lowest BCUT2D eigenvalue weighted by Gasteiger charge is -2.24. The fourth-order valence-electron chi connectivity index (χ4n) is 6.42. The Morgan fingerprint density at radius 2 is 1.20 bits per heavy atom. The molecule has 0 aliphatic carbocycles. The van der Waals surface area contributed by atoms with Gasteiger partial charge in [-0.05, 0) is 76.5 Å². The number of amides is 2. The summed E-state index contributed by atoms with van der Waals surface area (Å²) in [4.78, 5) is 36.4. The lowest BCUT2D eigenvalue weighted by atomic mass is 10.1. The quantitative estimate of drug-likeness (QED) is 0.177. The van der Waals surface area contributed by atoms with Gasteiger partial charge in [0, 0.05) is 30.1 Å². The zero-order valence-electron chi connectivity index (χ0n) is 31.0. The van der Waals surface area contributed by atoms with Gasteiger partial charge in [-0.3, -0.25) is 9.59 Å². The summed E-state index contributed by atoms with van der Waals surface area (Å²) in [6.07, 6.45) is 6.33. The Morgan fingerprint density at radius 1 is 0.732 bits per heavy atom.